The van der Waals surface area contributed by atoms with Crippen molar-refractivity contribution < 1.29 is 14.3 Å². The average molecular weight is 336 g/mol. The molecule has 126 valence electrons. The molecule has 0 aliphatic heterocycles. The van der Waals surface area contributed by atoms with Crippen molar-refractivity contribution >= 4 is 28.7 Å². The van der Waals surface area contributed by atoms with Crippen LogP contribution in [-0.4, -0.2) is 32.9 Å². The normalized spacial score (nSPS) is 11.8. The second-order valence-electron chi connectivity index (χ2n) is 5.48. The number of carbonyl (C=O) groups excluding carboxylic acids is 2. The minimum Gasteiger partial charge on any atom is -0.449 e. The van der Waals surface area contributed by atoms with Crippen LogP contribution in [0.5, 0.6) is 0 Å². The molecule has 0 bridgehead atoms. The van der Waals surface area contributed by atoms with Crippen molar-refractivity contribution in [1.29, 1.82) is 0 Å². The van der Waals surface area contributed by atoms with Crippen molar-refractivity contribution in [3.8, 4) is 0 Å². The van der Waals surface area contributed by atoms with Crippen LogP contribution in [-0.2, 0) is 9.53 Å². The number of ether oxygens (including phenoxy) is 1. The molecule has 3 aromatic rings. The number of para-hydroxylation sites is 1. The maximum Gasteiger partial charge on any atom is 0.341 e. The average Bonchev–Trinajstić information content (AvgIpc) is 2.61. The number of carbonyl (C=O) groups is 2. The molecule has 0 spiro atoms. The zero-order chi connectivity index (χ0) is 17.8. The Morgan fingerprint density at radius 1 is 1.08 bits per heavy atom. The molecule has 0 aliphatic rings. The fourth-order valence-corrected chi connectivity index (χ4v) is 2.27. The van der Waals surface area contributed by atoms with E-state index in [1.807, 2.05) is 13.0 Å². The summed E-state index contributed by atoms with van der Waals surface area (Å²) in [6, 6.07) is 8.58. The van der Waals surface area contributed by atoms with Gasteiger partial charge >= 0.3 is 5.97 Å². The summed E-state index contributed by atoms with van der Waals surface area (Å²) in [5, 5.41) is 2.62. The number of aromatic nitrogens is 3. The van der Waals surface area contributed by atoms with Crippen LogP contribution >= 0.6 is 0 Å². The van der Waals surface area contributed by atoms with Crippen LogP contribution in [0.15, 0.2) is 48.9 Å². The Bertz CT molecular complexity index is 937. The van der Waals surface area contributed by atoms with E-state index < -0.39 is 18.0 Å². The first-order valence-electron chi connectivity index (χ1n) is 7.69. The van der Waals surface area contributed by atoms with Crippen LogP contribution in [0.3, 0.4) is 0 Å². The summed E-state index contributed by atoms with van der Waals surface area (Å²) in [6.45, 7) is 3.39. The van der Waals surface area contributed by atoms with Crippen molar-refractivity contribution in [2.45, 2.75) is 20.0 Å². The summed E-state index contributed by atoms with van der Waals surface area (Å²) in [6.07, 6.45) is 3.65. The molecule has 0 radical (unpaired) electrons. The van der Waals surface area contributed by atoms with E-state index in [1.165, 1.54) is 13.1 Å². The molecule has 0 saturated heterocycles. The Morgan fingerprint density at radius 3 is 2.68 bits per heavy atom. The monoisotopic (exact) mass is 336 g/mol. The van der Waals surface area contributed by atoms with E-state index in [2.05, 4.69) is 20.3 Å². The molecule has 2 aromatic heterocycles. The second-order valence-corrected chi connectivity index (χ2v) is 5.48. The Morgan fingerprint density at radius 2 is 1.88 bits per heavy atom. The van der Waals surface area contributed by atoms with Gasteiger partial charge in [0.1, 0.15) is 11.3 Å². The van der Waals surface area contributed by atoms with E-state index in [0.717, 1.165) is 5.56 Å². The van der Waals surface area contributed by atoms with Gasteiger partial charge in [0.15, 0.2) is 6.10 Å². The number of anilines is 1. The maximum atomic E-state index is 12.4. The first-order chi connectivity index (χ1) is 12.0. The number of hydrogen-bond donors (Lipinski definition) is 1. The van der Waals surface area contributed by atoms with Gasteiger partial charge in [-0.25, -0.2) is 9.78 Å². The van der Waals surface area contributed by atoms with Crippen LogP contribution < -0.4 is 5.32 Å². The molecule has 1 atom stereocenters. The third kappa shape index (κ3) is 3.77. The highest BCUT2D eigenvalue weighted by atomic mass is 16.5. The largest absolute Gasteiger partial charge is 0.449 e. The summed E-state index contributed by atoms with van der Waals surface area (Å²) in [4.78, 5) is 36.9. The first-order valence-corrected chi connectivity index (χ1v) is 7.69. The van der Waals surface area contributed by atoms with Gasteiger partial charge in [0.2, 0.25) is 0 Å². The van der Waals surface area contributed by atoms with Gasteiger partial charge in [0.25, 0.3) is 5.91 Å². The van der Waals surface area contributed by atoms with Crippen molar-refractivity contribution in [1.82, 2.24) is 15.0 Å². The van der Waals surface area contributed by atoms with Gasteiger partial charge in [-0.2, -0.15) is 0 Å². The number of esters is 1. The topological polar surface area (TPSA) is 94.1 Å². The minimum atomic E-state index is -0.985. The number of amides is 1. The summed E-state index contributed by atoms with van der Waals surface area (Å²) >= 11 is 0. The number of nitrogens with one attached hydrogen (secondary N) is 1. The summed E-state index contributed by atoms with van der Waals surface area (Å²) in [5.74, 6) is -0.687. The summed E-state index contributed by atoms with van der Waals surface area (Å²) in [5.41, 5.74) is 2.24. The molecule has 1 unspecified atom stereocenters. The highest BCUT2D eigenvalue weighted by Crippen LogP contribution is 2.16. The number of fused-ring (bicyclic) bond motifs is 1. The molecule has 3 rings (SSSR count). The van der Waals surface area contributed by atoms with Gasteiger partial charge in [-0.15, -0.1) is 0 Å². The van der Waals surface area contributed by atoms with Crippen molar-refractivity contribution in [3.05, 3.63) is 60.0 Å². The fourth-order valence-electron chi connectivity index (χ4n) is 2.27. The third-order valence-corrected chi connectivity index (χ3v) is 3.54. The predicted octanol–water partition coefficient (Wildman–Crippen LogP) is 2.52. The molecule has 0 aliphatic carbocycles. The highest BCUT2D eigenvalue weighted by Gasteiger charge is 2.21. The van der Waals surface area contributed by atoms with Crippen molar-refractivity contribution in [2.24, 2.45) is 0 Å². The lowest BCUT2D eigenvalue weighted by Crippen LogP contribution is -2.30. The number of nitrogens with zero attached hydrogens (tertiary/aromatic N) is 3. The third-order valence-electron chi connectivity index (χ3n) is 3.54. The zero-order valence-electron chi connectivity index (χ0n) is 13.8. The van der Waals surface area contributed by atoms with Gasteiger partial charge in [-0.3, -0.25) is 14.8 Å². The molecule has 2 heterocycles. The Hall–Kier alpha value is -3.35. The molecule has 0 fully saturated rings. The molecule has 1 amide bonds. The van der Waals surface area contributed by atoms with Gasteiger partial charge < -0.3 is 10.1 Å². The molecule has 7 nitrogen and oxygen atoms in total. The number of pyridine rings is 1. The lowest BCUT2D eigenvalue weighted by atomic mass is 10.2. The summed E-state index contributed by atoms with van der Waals surface area (Å²) in [7, 11) is 0. The van der Waals surface area contributed by atoms with Crippen LogP contribution in [0.25, 0.3) is 11.0 Å². The van der Waals surface area contributed by atoms with Crippen molar-refractivity contribution in [3.63, 3.8) is 0 Å². The molecule has 1 aromatic carbocycles. The highest BCUT2D eigenvalue weighted by molar-refractivity contribution is 6.03. The first kappa shape index (κ1) is 16.5. The van der Waals surface area contributed by atoms with Crippen molar-refractivity contribution in [2.75, 3.05) is 5.32 Å². The van der Waals surface area contributed by atoms with Crippen LogP contribution in [0.2, 0.25) is 0 Å². The summed E-state index contributed by atoms with van der Waals surface area (Å²) < 4.78 is 5.26. The van der Waals surface area contributed by atoms with Gasteiger partial charge in [-0.05, 0) is 43.7 Å². The number of rotatable bonds is 4. The lowest BCUT2D eigenvalue weighted by Gasteiger charge is -2.13. The molecule has 0 saturated carbocycles. The second kappa shape index (κ2) is 7.04. The Kier molecular flexibility index (Phi) is 4.65. The van der Waals surface area contributed by atoms with Crippen LogP contribution in [0.4, 0.5) is 5.82 Å². The Balaban J connectivity index is 1.72. The fraction of sp³-hybridized carbons (Fsp3) is 0.167. The maximum absolute atomic E-state index is 12.4. The number of benzene rings is 1. The van der Waals surface area contributed by atoms with E-state index in [-0.39, 0.29) is 5.56 Å². The minimum absolute atomic E-state index is 0.263. The van der Waals surface area contributed by atoms with E-state index >= 15 is 0 Å². The molecule has 1 N–H and O–H groups in total. The van der Waals surface area contributed by atoms with E-state index in [9.17, 15) is 9.59 Å². The predicted molar refractivity (Wildman–Crippen MR) is 92.0 cm³/mol. The SMILES string of the molecule is Cc1ccnc(NC(=O)C(C)OC(=O)c2cccc3nccnc23)c1. The van der Waals surface area contributed by atoms with Crippen LogP contribution in [0, 0.1) is 6.92 Å². The zero-order valence-corrected chi connectivity index (χ0v) is 13.8. The number of hydrogen-bond acceptors (Lipinski definition) is 6. The molecule has 7 heteroatoms. The van der Waals surface area contributed by atoms with E-state index in [1.54, 1.807) is 36.7 Å². The number of aryl methyl sites for hydroxylation is 1. The standard InChI is InChI=1S/C18H16N4O3/c1-11-6-7-20-15(10-11)22-17(23)12(2)25-18(24)13-4-3-5-14-16(13)21-9-8-19-14/h3-10,12H,1-2H3,(H,20,22,23). The molecule has 25 heavy (non-hydrogen) atoms. The van der Waals surface area contributed by atoms with Gasteiger partial charge in [0.05, 0.1) is 11.1 Å². The smallest absolute Gasteiger partial charge is 0.341 e. The van der Waals surface area contributed by atoms with E-state index in [4.69, 9.17) is 4.74 Å². The van der Waals surface area contributed by atoms with Crippen LogP contribution in [0.1, 0.15) is 22.8 Å². The Labute approximate surface area is 144 Å². The quantitative estimate of drug-likeness (QED) is 0.736. The molecular weight excluding hydrogens is 320 g/mol. The lowest BCUT2D eigenvalue weighted by molar-refractivity contribution is -0.123. The van der Waals surface area contributed by atoms with Gasteiger partial charge in [0, 0.05) is 18.6 Å². The van der Waals surface area contributed by atoms with E-state index in [0.29, 0.717) is 16.9 Å². The van der Waals surface area contributed by atoms with Gasteiger partial charge in [-0.1, -0.05) is 6.07 Å². The molecular formula is C18H16N4O3.